The van der Waals surface area contributed by atoms with Crippen LogP contribution in [0.2, 0.25) is 0 Å². The van der Waals surface area contributed by atoms with Crippen LogP contribution >= 0.6 is 0 Å². The molecule has 1 atom stereocenters. The van der Waals surface area contributed by atoms with Crippen LogP contribution < -0.4 is 5.32 Å². The summed E-state index contributed by atoms with van der Waals surface area (Å²) in [6.07, 6.45) is 0.776. The number of hydrogen-bond donors (Lipinski definition) is 1. The fourth-order valence-electron chi connectivity index (χ4n) is 1.95. The van der Waals surface area contributed by atoms with Crippen molar-refractivity contribution in [3.05, 3.63) is 0 Å². The molecule has 1 aliphatic heterocycles. The van der Waals surface area contributed by atoms with E-state index in [2.05, 4.69) is 24.1 Å². The van der Waals surface area contributed by atoms with Gasteiger partial charge >= 0.3 is 0 Å². The summed E-state index contributed by atoms with van der Waals surface area (Å²) in [7, 11) is 1.17. The van der Waals surface area contributed by atoms with E-state index in [1.165, 1.54) is 0 Å². The Morgan fingerprint density at radius 3 is 2.47 bits per heavy atom. The van der Waals surface area contributed by atoms with Gasteiger partial charge in [-0.05, 0) is 34.4 Å². The second-order valence-electron chi connectivity index (χ2n) is 5.11. The summed E-state index contributed by atoms with van der Waals surface area (Å²) >= 11 is 0. The van der Waals surface area contributed by atoms with Gasteiger partial charge in [-0.3, -0.25) is 0 Å². The van der Waals surface area contributed by atoms with Crippen LogP contribution in [0.5, 0.6) is 0 Å². The van der Waals surface area contributed by atoms with Crippen LogP contribution in [0, 0.1) is 0 Å². The van der Waals surface area contributed by atoms with Crippen molar-refractivity contribution in [2.45, 2.75) is 31.8 Å². The second-order valence-corrected chi connectivity index (χ2v) is 7.33. The van der Waals surface area contributed by atoms with Gasteiger partial charge in [0, 0.05) is 18.1 Å². The van der Waals surface area contributed by atoms with Crippen LogP contribution in [0.25, 0.3) is 0 Å². The number of rotatable bonds is 4. The number of likely N-dealkylation sites (N-methyl/N-ethyl adjacent to an activating group) is 2. The molecule has 0 aliphatic carbocycles. The van der Waals surface area contributed by atoms with Crippen molar-refractivity contribution in [2.24, 2.45) is 0 Å². The molecular weight excluding hydrogens is 212 g/mol. The van der Waals surface area contributed by atoms with Crippen LogP contribution in [0.4, 0.5) is 0 Å². The molecule has 4 nitrogen and oxygen atoms in total. The highest BCUT2D eigenvalue weighted by Crippen LogP contribution is 2.18. The zero-order valence-electron chi connectivity index (χ0n) is 10.1. The average molecular weight is 234 g/mol. The molecule has 0 bridgehead atoms. The fourth-order valence-corrected chi connectivity index (χ4v) is 3.76. The zero-order chi connectivity index (χ0) is 11.7. The molecule has 1 fully saturated rings. The summed E-state index contributed by atoms with van der Waals surface area (Å²) < 4.78 is 22.7. The Bertz CT molecular complexity index is 311. The van der Waals surface area contributed by atoms with E-state index >= 15 is 0 Å². The molecule has 0 radical (unpaired) electrons. The molecule has 0 amide bonds. The van der Waals surface area contributed by atoms with E-state index in [1.54, 1.807) is 0 Å². The van der Waals surface area contributed by atoms with Gasteiger partial charge in [-0.1, -0.05) is 0 Å². The van der Waals surface area contributed by atoms with Gasteiger partial charge in [0.05, 0.1) is 11.5 Å². The highest BCUT2D eigenvalue weighted by molar-refractivity contribution is 7.91. The van der Waals surface area contributed by atoms with Crippen LogP contribution in [0.3, 0.4) is 0 Å². The Balaban J connectivity index is 2.53. The molecule has 15 heavy (non-hydrogen) atoms. The lowest BCUT2D eigenvalue weighted by atomic mass is 10.0. The maximum atomic E-state index is 11.3. The predicted octanol–water partition coefficient (Wildman–Crippen LogP) is 0.103. The summed E-state index contributed by atoms with van der Waals surface area (Å²) in [6, 6.07) is 0.197. The molecule has 1 rings (SSSR count). The monoisotopic (exact) mass is 234 g/mol. The van der Waals surface area contributed by atoms with Crippen LogP contribution in [-0.4, -0.2) is 57.0 Å². The van der Waals surface area contributed by atoms with E-state index in [1.807, 2.05) is 14.1 Å². The van der Waals surface area contributed by atoms with Crippen molar-refractivity contribution < 1.29 is 8.42 Å². The largest absolute Gasteiger partial charge is 0.314 e. The molecule has 1 heterocycles. The molecule has 5 heteroatoms. The molecule has 90 valence electrons. The van der Waals surface area contributed by atoms with Crippen molar-refractivity contribution in [3.63, 3.8) is 0 Å². The number of nitrogens with one attached hydrogen (secondary N) is 1. The lowest BCUT2D eigenvalue weighted by molar-refractivity contribution is 0.199. The van der Waals surface area contributed by atoms with Gasteiger partial charge in [-0.15, -0.1) is 0 Å². The predicted molar refractivity (Wildman–Crippen MR) is 62.8 cm³/mol. The van der Waals surface area contributed by atoms with Crippen molar-refractivity contribution >= 4 is 9.84 Å². The Morgan fingerprint density at radius 2 is 2.07 bits per heavy atom. The zero-order valence-corrected chi connectivity index (χ0v) is 10.9. The normalized spacial score (nSPS) is 26.1. The van der Waals surface area contributed by atoms with Crippen LogP contribution in [0.15, 0.2) is 0 Å². The van der Waals surface area contributed by atoms with Crippen molar-refractivity contribution in [1.82, 2.24) is 10.2 Å². The quantitative estimate of drug-likeness (QED) is 0.750. The van der Waals surface area contributed by atoms with Crippen molar-refractivity contribution in [3.8, 4) is 0 Å². The summed E-state index contributed by atoms with van der Waals surface area (Å²) in [5, 5.41) is 3.23. The van der Waals surface area contributed by atoms with Crippen LogP contribution in [-0.2, 0) is 9.84 Å². The first-order chi connectivity index (χ1) is 6.76. The Hall–Kier alpha value is -0.130. The first-order valence-corrected chi connectivity index (χ1v) is 7.17. The Labute approximate surface area is 93.0 Å². The van der Waals surface area contributed by atoms with E-state index in [0.717, 1.165) is 13.0 Å². The third-order valence-corrected chi connectivity index (χ3v) is 4.90. The molecular formula is C10H22N2O2S. The standard InChI is InChI=1S/C10H22N2O2S/c1-10(2,11-3)8-12(4)9-5-6-15(13,14)7-9/h9,11H,5-8H2,1-4H3. The van der Waals surface area contributed by atoms with Crippen molar-refractivity contribution in [1.29, 1.82) is 0 Å². The van der Waals surface area contributed by atoms with Crippen LogP contribution in [0.1, 0.15) is 20.3 Å². The Morgan fingerprint density at radius 1 is 1.47 bits per heavy atom. The molecule has 0 aromatic rings. The van der Waals surface area contributed by atoms with E-state index in [9.17, 15) is 8.42 Å². The topological polar surface area (TPSA) is 49.4 Å². The first-order valence-electron chi connectivity index (χ1n) is 5.35. The minimum Gasteiger partial charge on any atom is -0.314 e. The van der Waals surface area contributed by atoms with Gasteiger partial charge in [0.15, 0.2) is 9.84 Å². The van der Waals surface area contributed by atoms with E-state index in [0.29, 0.717) is 11.5 Å². The summed E-state index contributed by atoms with van der Waals surface area (Å²) in [5.74, 6) is 0.672. The highest BCUT2D eigenvalue weighted by atomic mass is 32.2. The molecule has 0 aromatic heterocycles. The minimum atomic E-state index is -2.76. The Kier molecular flexibility index (Phi) is 3.79. The molecule has 0 aromatic carbocycles. The fraction of sp³-hybridized carbons (Fsp3) is 1.00. The lowest BCUT2D eigenvalue weighted by Gasteiger charge is -2.33. The number of sulfone groups is 1. The molecule has 0 saturated carbocycles. The lowest BCUT2D eigenvalue weighted by Crippen LogP contribution is -2.49. The maximum Gasteiger partial charge on any atom is 0.151 e. The number of hydrogen-bond acceptors (Lipinski definition) is 4. The molecule has 1 N–H and O–H groups in total. The second kappa shape index (κ2) is 4.39. The van der Waals surface area contributed by atoms with Gasteiger partial charge in [0.2, 0.25) is 0 Å². The SMILES string of the molecule is CNC(C)(C)CN(C)C1CCS(=O)(=O)C1. The molecule has 0 spiro atoms. The van der Waals surface area contributed by atoms with Gasteiger partial charge in [-0.25, -0.2) is 8.42 Å². The smallest absolute Gasteiger partial charge is 0.151 e. The summed E-state index contributed by atoms with van der Waals surface area (Å²) in [6.45, 7) is 5.10. The molecule has 1 aliphatic rings. The van der Waals surface area contributed by atoms with E-state index < -0.39 is 9.84 Å². The van der Waals surface area contributed by atoms with E-state index in [-0.39, 0.29) is 11.6 Å². The number of nitrogens with zero attached hydrogens (tertiary/aromatic N) is 1. The van der Waals surface area contributed by atoms with Crippen molar-refractivity contribution in [2.75, 3.05) is 32.1 Å². The summed E-state index contributed by atoms with van der Waals surface area (Å²) in [5.41, 5.74) is 0.0289. The van der Waals surface area contributed by atoms with Gasteiger partial charge in [0.1, 0.15) is 0 Å². The third kappa shape index (κ3) is 3.74. The molecule has 1 saturated heterocycles. The maximum absolute atomic E-state index is 11.3. The first kappa shape index (κ1) is 12.9. The minimum absolute atomic E-state index is 0.0289. The summed E-state index contributed by atoms with van der Waals surface area (Å²) in [4.78, 5) is 2.15. The van der Waals surface area contributed by atoms with E-state index in [4.69, 9.17) is 0 Å². The van der Waals surface area contributed by atoms with Gasteiger partial charge < -0.3 is 10.2 Å². The average Bonchev–Trinajstić information content (AvgIpc) is 2.45. The third-order valence-electron chi connectivity index (χ3n) is 3.15. The van der Waals surface area contributed by atoms with Gasteiger partial charge in [-0.2, -0.15) is 0 Å². The van der Waals surface area contributed by atoms with Gasteiger partial charge in [0.25, 0.3) is 0 Å². The molecule has 1 unspecified atom stereocenters. The highest BCUT2D eigenvalue weighted by Gasteiger charge is 2.32.